The van der Waals surface area contributed by atoms with Crippen LogP contribution in [0, 0.1) is 6.92 Å². The Hall–Kier alpha value is -3.07. The molecule has 9 nitrogen and oxygen atoms in total. The molecule has 0 bridgehead atoms. The number of anilines is 1. The molecule has 0 amide bonds. The van der Waals surface area contributed by atoms with E-state index in [1.807, 2.05) is 45.0 Å². The number of aryl methyl sites for hydroxylation is 2. The van der Waals surface area contributed by atoms with Gasteiger partial charge in [-0.15, -0.1) is 0 Å². The van der Waals surface area contributed by atoms with E-state index in [2.05, 4.69) is 10.3 Å². The van der Waals surface area contributed by atoms with Gasteiger partial charge in [0.2, 0.25) is 5.95 Å². The predicted octanol–water partition coefficient (Wildman–Crippen LogP) is 1.00. The highest BCUT2D eigenvalue weighted by atomic mass is 16.5. The van der Waals surface area contributed by atoms with Gasteiger partial charge in [0, 0.05) is 20.1 Å². The monoisotopic (exact) mass is 401 g/mol. The average molecular weight is 401 g/mol. The second kappa shape index (κ2) is 8.12. The number of ether oxygens (including phenoxy) is 1. The van der Waals surface area contributed by atoms with Crippen molar-refractivity contribution < 1.29 is 9.84 Å². The van der Waals surface area contributed by atoms with Gasteiger partial charge in [-0.05, 0) is 32.9 Å². The molecule has 0 unspecified atom stereocenters. The number of nitrogens with one attached hydrogen (secondary N) is 1. The Labute approximate surface area is 168 Å². The van der Waals surface area contributed by atoms with E-state index in [0.717, 1.165) is 10.1 Å². The van der Waals surface area contributed by atoms with E-state index in [1.165, 1.54) is 11.6 Å². The molecule has 0 aliphatic carbocycles. The summed E-state index contributed by atoms with van der Waals surface area (Å²) in [4.78, 5) is 29.4. The van der Waals surface area contributed by atoms with Crippen LogP contribution in [0.5, 0.6) is 5.75 Å². The van der Waals surface area contributed by atoms with Crippen molar-refractivity contribution in [2.24, 2.45) is 14.1 Å². The second-order valence-corrected chi connectivity index (χ2v) is 7.50. The maximum atomic E-state index is 12.8. The Bertz CT molecular complexity index is 1120. The zero-order chi connectivity index (χ0) is 21.3. The molecule has 0 aliphatic heterocycles. The maximum Gasteiger partial charge on any atom is 0.332 e. The average Bonchev–Trinajstić information content (AvgIpc) is 3.01. The minimum absolute atomic E-state index is 0.0485. The van der Waals surface area contributed by atoms with Gasteiger partial charge in [-0.2, -0.15) is 4.98 Å². The van der Waals surface area contributed by atoms with Gasteiger partial charge >= 0.3 is 5.69 Å². The first-order chi connectivity index (χ1) is 13.7. The minimum atomic E-state index is -0.886. The largest absolute Gasteiger partial charge is 0.491 e. The lowest BCUT2D eigenvalue weighted by molar-refractivity contribution is 0.0938. The number of rotatable bonds is 7. The zero-order valence-electron chi connectivity index (χ0n) is 17.3. The molecule has 2 heterocycles. The molecule has 1 atom stereocenters. The standard InChI is InChI=1S/C20H27N5O4/c1-12(2)21-19-22-17-16(18(27)24(5)20(28)23(17)4)25(19)10-14(26)11-29-15-8-6-13(3)7-9-15/h6-9,12,14,26H,10-11H2,1-5H3,(H,21,22)/t14-/m1/s1. The Balaban J connectivity index is 1.94. The minimum Gasteiger partial charge on any atom is -0.491 e. The molecule has 3 aromatic rings. The van der Waals surface area contributed by atoms with Gasteiger partial charge < -0.3 is 19.7 Å². The molecule has 0 aliphatic rings. The molecule has 1 aromatic carbocycles. The van der Waals surface area contributed by atoms with Crippen molar-refractivity contribution in [1.82, 2.24) is 18.7 Å². The summed E-state index contributed by atoms with van der Waals surface area (Å²) < 4.78 is 9.63. The molecule has 2 aromatic heterocycles. The summed E-state index contributed by atoms with van der Waals surface area (Å²) in [5.41, 5.74) is 0.735. The van der Waals surface area contributed by atoms with Crippen molar-refractivity contribution >= 4 is 17.1 Å². The number of benzene rings is 1. The number of aliphatic hydroxyl groups is 1. The highest BCUT2D eigenvalue weighted by molar-refractivity contribution is 5.74. The molecule has 9 heteroatoms. The first-order valence-electron chi connectivity index (χ1n) is 9.49. The number of nitrogens with zero attached hydrogens (tertiary/aromatic N) is 4. The summed E-state index contributed by atoms with van der Waals surface area (Å²) in [5, 5.41) is 13.7. The van der Waals surface area contributed by atoms with Gasteiger partial charge in [-0.3, -0.25) is 13.9 Å². The van der Waals surface area contributed by atoms with Crippen molar-refractivity contribution in [2.45, 2.75) is 39.5 Å². The summed E-state index contributed by atoms with van der Waals surface area (Å²) in [6, 6.07) is 7.59. The zero-order valence-corrected chi connectivity index (χ0v) is 17.3. The van der Waals surface area contributed by atoms with Crippen molar-refractivity contribution in [3.8, 4) is 5.75 Å². The van der Waals surface area contributed by atoms with Gasteiger partial charge in [0.25, 0.3) is 5.56 Å². The van der Waals surface area contributed by atoms with Crippen LogP contribution in [0.25, 0.3) is 11.2 Å². The third-order valence-electron chi connectivity index (χ3n) is 4.62. The molecule has 0 saturated carbocycles. The molecule has 3 rings (SSSR count). The van der Waals surface area contributed by atoms with Gasteiger partial charge in [-0.25, -0.2) is 4.79 Å². The van der Waals surface area contributed by atoms with Crippen LogP contribution in [0.15, 0.2) is 33.9 Å². The third-order valence-corrected chi connectivity index (χ3v) is 4.62. The van der Waals surface area contributed by atoms with Gasteiger partial charge in [-0.1, -0.05) is 17.7 Å². The highest BCUT2D eigenvalue weighted by Crippen LogP contribution is 2.18. The molecular weight excluding hydrogens is 374 g/mol. The van der Waals surface area contributed by atoms with E-state index in [9.17, 15) is 14.7 Å². The lowest BCUT2D eigenvalue weighted by Crippen LogP contribution is -2.38. The molecule has 0 radical (unpaired) electrons. The van der Waals surface area contributed by atoms with Crippen LogP contribution < -0.4 is 21.3 Å². The third kappa shape index (κ3) is 4.19. The first kappa shape index (κ1) is 20.7. The number of hydrogen-bond acceptors (Lipinski definition) is 6. The van der Waals surface area contributed by atoms with Crippen LogP contribution >= 0.6 is 0 Å². The lowest BCUT2D eigenvalue weighted by atomic mass is 10.2. The van der Waals surface area contributed by atoms with E-state index in [4.69, 9.17) is 4.74 Å². The lowest BCUT2D eigenvalue weighted by Gasteiger charge is -2.17. The number of hydrogen-bond donors (Lipinski definition) is 2. The van der Waals surface area contributed by atoms with Crippen molar-refractivity contribution in [3.63, 3.8) is 0 Å². The Kier molecular flexibility index (Phi) is 5.78. The van der Waals surface area contributed by atoms with Crippen LogP contribution in [-0.2, 0) is 20.6 Å². The summed E-state index contributed by atoms with van der Waals surface area (Å²) in [5.74, 6) is 1.08. The van der Waals surface area contributed by atoms with Crippen molar-refractivity contribution in [1.29, 1.82) is 0 Å². The summed E-state index contributed by atoms with van der Waals surface area (Å²) in [7, 11) is 2.99. The summed E-state index contributed by atoms with van der Waals surface area (Å²) in [6.07, 6.45) is -0.886. The Morgan fingerprint density at radius 2 is 1.79 bits per heavy atom. The molecular formula is C20H27N5O4. The topological polar surface area (TPSA) is 103 Å². The van der Waals surface area contributed by atoms with Crippen molar-refractivity contribution in [2.75, 3.05) is 11.9 Å². The Morgan fingerprint density at radius 3 is 2.41 bits per heavy atom. The van der Waals surface area contributed by atoms with Crippen LogP contribution in [0.1, 0.15) is 19.4 Å². The van der Waals surface area contributed by atoms with E-state index >= 15 is 0 Å². The fourth-order valence-corrected chi connectivity index (χ4v) is 3.08. The summed E-state index contributed by atoms with van der Waals surface area (Å²) in [6.45, 7) is 6.01. The highest BCUT2D eigenvalue weighted by Gasteiger charge is 2.21. The van der Waals surface area contributed by atoms with Crippen LogP contribution in [0.3, 0.4) is 0 Å². The Morgan fingerprint density at radius 1 is 1.14 bits per heavy atom. The molecule has 0 saturated heterocycles. The van der Waals surface area contributed by atoms with Crippen LogP contribution in [-0.4, -0.2) is 42.5 Å². The smallest absolute Gasteiger partial charge is 0.332 e. The number of aliphatic hydroxyl groups excluding tert-OH is 1. The fraction of sp³-hybridized carbons (Fsp3) is 0.450. The van der Waals surface area contributed by atoms with Crippen molar-refractivity contribution in [3.05, 3.63) is 50.7 Å². The molecule has 29 heavy (non-hydrogen) atoms. The van der Waals surface area contributed by atoms with Gasteiger partial charge in [0.05, 0.1) is 6.54 Å². The molecule has 2 N–H and O–H groups in total. The van der Waals surface area contributed by atoms with E-state index < -0.39 is 17.4 Å². The van der Waals surface area contributed by atoms with E-state index in [-0.39, 0.29) is 30.4 Å². The fourth-order valence-electron chi connectivity index (χ4n) is 3.08. The van der Waals surface area contributed by atoms with Crippen LogP contribution in [0.2, 0.25) is 0 Å². The van der Waals surface area contributed by atoms with Gasteiger partial charge in [0.1, 0.15) is 18.5 Å². The molecule has 0 fully saturated rings. The number of fused-ring (bicyclic) bond motifs is 1. The normalized spacial score (nSPS) is 12.5. The molecule has 0 spiro atoms. The number of aromatic nitrogens is 4. The maximum absolute atomic E-state index is 12.8. The van der Waals surface area contributed by atoms with E-state index in [1.54, 1.807) is 11.6 Å². The van der Waals surface area contributed by atoms with Crippen LogP contribution in [0.4, 0.5) is 5.95 Å². The first-order valence-corrected chi connectivity index (χ1v) is 9.49. The SMILES string of the molecule is Cc1ccc(OC[C@H](O)Cn2c(NC(C)C)nc3c2c(=O)n(C)c(=O)n3C)cc1. The number of imidazole rings is 1. The summed E-state index contributed by atoms with van der Waals surface area (Å²) >= 11 is 0. The molecule has 156 valence electrons. The van der Waals surface area contributed by atoms with Gasteiger partial charge in [0.15, 0.2) is 11.2 Å². The quantitative estimate of drug-likeness (QED) is 0.612. The second-order valence-electron chi connectivity index (χ2n) is 7.50. The predicted molar refractivity (Wildman–Crippen MR) is 112 cm³/mol. The van der Waals surface area contributed by atoms with E-state index in [0.29, 0.717) is 11.7 Å².